The predicted molar refractivity (Wildman–Crippen MR) is 83.5 cm³/mol. The number of carbonyl (C=O) groups is 1. The van der Waals surface area contributed by atoms with E-state index in [0.29, 0.717) is 11.8 Å². The third kappa shape index (κ3) is 4.00. The zero-order valence-electron chi connectivity index (χ0n) is 13.4. The van der Waals surface area contributed by atoms with Gasteiger partial charge in [0.15, 0.2) is 0 Å². The lowest BCUT2D eigenvalue weighted by molar-refractivity contribution is -0.196. The highest BCUT2D eigenvalue weighted by Crippen LogP contribution is 2.40. The summed E-state index contributed by atoms with van der Waals surface area (Å²) in [6.45, 7) is 1.88. The molecule has 3 aliphatic rings. The van der Waals surface area contributed by atoms with E-state index in [1.165, 1.54) is 77.0 Å². The molecule has 3 rings (SSSR count). The SMILES string of the molecule is O=C(ON1CCCC1)C(C1CCCCC1)C1CCCCC1. The minimum Gasteiger partial charge on any atom is -0.368 e. The van der Waals surface area contributed by atoms with Crippen molar-refractivity contribution in [2.45, 2.75) is 77.0 Å². The molecule has 0 aromatic heterocycles. The average Bonchev–Trinajstić information content (AvgIpc) is 3.02. The fourth-order valence-corrected chi connectivity index (χ4v) is 4.72. The molecule has 0 aromatic rings. The second kappa shape index (κ2) is 7.62. The van der Waals surface area contributed by atoms with E-state index < -0.39 is 0 Å². The van der Waals surface area contributed by atoms with Gasteiger partial charge in [0.05, 0.1) is 5.92 Å². The van der Waals surface area contributed by atoms with Crippen LogP contribution in [0.3, 0.4) is 0 Å². The van der Waals surface area contributed by atoms with Gasteiger partial charge in [0.25, 0.3) is 0 Å². The fourth-order valence-electron chi connectivity index (χ4n) is 4.72. The number of hydrogen-bond acceptors (Lipinski definition) is 3. The lowest BCUT2D eigenvalue weighted by Crippen LogP contribution is -2.38. The van der Waals surface area contributed by atoms with Gasteiger partial charge in [-0.3, -0.25) is 4.79 Å². The van der Waals surface area contributed by atoms with E-state index >= 15 is 0 Å². The molecule has 0 atom stereocenters. The molecule has 120 valence electrons. The van der Waals surface area contributed by atoms with Crippen LogP contribution < -0.4 is 0 Å². The third-order valence-corrected chi connectivity index (χ3v) is 5.87. The zero-order chi connectivity index (χ0) is 14.5. The maximum absolute atomic E-state index is 12.8. The van der Waals surface area contributed by atoms with Crippen molar-refractivity contribution in [1.82, 2.24) is 5.06 Å². The van der Waals surface area contributed by atoms with Crippen LogP contribution in [0.2, 0.25) is 0 Å². The Morgan fingerprint density at radius 3 is 1.71 bits per heavy atom. The Morgan fingerprint density at radius 2 is 1.24 bits per heavy atom. The maximum Gasteiger partial charge on any atom is 0.328 e. The van der Waals surface area contributed by atoms with Gasteiger partial charge in [0.1, 0.15) is 0 Å². The Balaban J connectivity index is 1.65. The van der Waals surface area contributed by atoms with Crippen LogP contribution in [0.5, 0.6) is 0 Å². The largest absolute Gasteiger partial charge is 0.368 e. The summed E-state index contributed by atoms with van der Waals surface area (Å²) < 4.78 is 0. The summed E-state index contributed by atoms with van der Waals surface area (Å²) in [6, 6.07) is 0. The maximum atomic E-state index is 12.8. The van der Waals surface area contributed by atoms with Crippen LogP contribution >= 0.6 is 0 Å². The van der Waals surface area contributed by atoms with Gasteiger partial charge in [-0.2, -0.15) is 0 Å². The van der Waals surface area contributed by atoms with E-state index in [2.05, 4.69) is 0 Å². The summed E-state index contributed by atoms with van der Waals surface area (Å²) >= 11 is 0. The molecule has 3 heteroatoms. The minimum atomic E-state index is 0.107. The topological polar surface area (TPSA) is 29.5 Å². The van der Waals surface area contributed by atoms with Crippen molar-refractivity contribution in [2.24, 2.45) is 17.8 Å². The number of hydrogen-bond donors (Lipinski definition) is 0. The lowest BCUT2D eigenvalue weighted by Gasteiger charge is -2.36. The van der Waals surface area contributed by atoms with E-state index in [1.54, 1.807) is 0 Å². The van der Waals surface area contributed by atoms with Gasteiger partial charge in [-0.25, -0.2) is 0 Å². The Hall–Kier alpha value is -0.570. The van der Waals surface area contributed by atoms with E-state index in [1.807, 2.05) is 5.06 Å². The highest BCUT2D eigenvalue weighted by molar-refractivity contribution is 5.73. The Bertz CT molecular complexity index is 308. The molecule has 1 heterocycles. The zero-order valence-corrected chi connectivity index (χ0v) is 13.4. The highest BCUT2D eigenvalue weighted by atomic mass is 16.7. The number of hydroxylamine groups is 2. The van der Waals surface area contributed by atoms with E-state index in [0.717, 1.165) is 13.1 Å². The lowest BCUT2D eigenvalue weighted by atomic mass is 9.69. The Labute approximate surface area is 129 Å². The van der Waals surface area contributed by atoms with Crippen LogP contribution in [0.4, 0.5) is 0 Å². The fraction of sp³-hybridized carbons (Fsp3) is 0.944. The molecule has 0 N–H and O–H groups in total. The normalized spacial score (nSPS) is 26.3. The molecule has 1 saturated heterocycles. The Morgan fingerprint density at radius 1 is 0.762 bits per heavy atom. The first-order chi connectivity index (χ1) is 10.3. The number of nitrogens with zero attached hydrogens (tertiary/aromatic N) is 1. The minimum absolute atomic E-state index is 0.107. The van der Waals surface area contributed by atoms with E-state index in [4.69, 9.17) is 4.84 Å². The van der Waals surface area contributed by atoms with Crippen molar-refractivity contribution >= 4 is 5.97 Å². The van der Waals surface area contributed by atoms with Crippen LogP contribution in [-0.4, -0.2) is 24.1 Å². The molecule has 2 saturated carbocycles. The van der Waals surface area contributed by atoms with Crippen molar-refractivity contribution in [1.29, 1.82) is 0 Å². The summed E-state index contributed by atoms with van der Waals surface area (Å²) in [4.78, 5) is 18.6. The molecule has 0 bridgehead atoms. The quantitative estimate of drug-likeness (QED) is 0.773. The van der Waals surface area contributed by atoms with Crippen LogP contribution in [0.25, 0.3) is 0 Å². The van der Waals surface area contributed by atoms with Crippen molar-refractivity contribution < 1.29 is 9.63 Å². The van der Waals surface area contributed by atoms with Gasteiger partial charge in [-0.1, -0.05) is 38.5 Å². The molecule has 0 aromatic carbocycles. The first-order valence-corrected chi connectivity index (χ1v) is 9.31. The standard InChI is InChI=1S/C18H31NO2/c20-18(21-19-13-7-8-14-19)17(15-9-3-1-4-10-15)16-11-5-2-6-12-16/h15-17H,1-14H2. The molecular formula is C18H31NO2. The molecule has 3 fully saturated rings. The average molecular weight is 293 g/mol. The molecule has 2 aliphatic carbocycles. The molecule has 0 radical (unpaired) electrons. The van der Waals surface area contributed by atoms with Crippen molar-refractivity contribution in [2.75, 3.05) is 13.1 Å². The summed E-state index contributed by atoms with van der Waals surface area (Å²) in [5, 5.41) is 1.92. The Kier molecular flexibility index (Phi) is 5.56. The first-order valence-electron chi connectivity index (χ1n) is 9.31. The summed E-state index contributed by atoms with van der Waals surface area (Å²) in [6.07, 6.45) is 15.3. The summed E-state index contributed by atoms with van der Waals surface area (Å²) in [7, 11) is 0. The molecule has 1 aliphatic heterocycles. The van der Waals surface area contributed by atoms with Gasteiger partial charge in [-0.15, -0.1) is 5.06 Å². The predicted octanol–water partition coefficient (Wildman–Crippen LogP) is 4.32. The van der Waals surface area contributed by atoms with Crippen molar-refractivity contribution in [3.8, 4) is 0 Å². The number of carbonyl (C=O) groups excluding carboxylic acids is 1. The van der Waals surface area contributed by atoms with Crippen LogP contribution in [0.1, 0.15) is 77.0 Å². The van der Waals surface area contributed by atoms with Gasteiger partial charge >= 0.3 is 5.97 Å². The third-order valence-electron chi connectivity index (χ3n) is 5.87. The molecule has 0 spiro atoms. The van der Waals surface area contributed by atoms with Crippen LogP contribution in [0.15, 0.2) is 0 Å². The first kappa shape index (κ1) is 15.3. The molecule has 3 nitrogen and oxygen atoms in total. The monoisotopic (exact) mass is 293 g/mol. The molecule has 21 heavy (non-hydrogen) atoms. The molecule has 0 amide bonds. The van der Waals surface area contributed by atoms with Crippen LogP contribution in [-0.2, 0) is 9.63 Å². The van der Waals surface area contributed by atoms with Crippen molar-refractivity contribution in [3.63, 3.8) is 0 Å². The van der Waals surface area contributed by atoms with Gasteiger partial charge in [-0.05, 0) is 50.4 Å². The van der Waals surface area contributed by atoms with Crippen LogP contribution in [0, 0.1) is 17.8 Å². The molecule has 0 unspecified atom stereocenters. The second-order valence-electron chi connectivity index (χ2n) is 7.37. The van der Waals surface area contributed by atoms with Crippen molar-refractivity contribution in [3.05, 3.63) is 0 Å². The summed E-state index contributed by atoms with van der Waals surface area (Å²) in [5.41, 5.74) is 0. The highest BCUT2D eigenvalue weighted by Gasteiger charge is 2.38. The number of rotatable bonds is 4. The van der Waals surface area contributed by atoms with E-state index in [9.17, 15) is 4.79 Å². The second-order valence-corrected chi connectivity index (χ2v) is 7.37. The molecular weight excluding hydrogens is 262 g/mol. The smallest absolute Gasteiger partial charge is 0.328 e. The summed E-state index contributed by atoms with van der Waals surface area (Å²) in [5.74, 6) is 1.48. The van der Waals surface area contributed by atoms with Gasteiger partial charge in [0, 0.05) is 13.1 Å². The van der Waals surface area contributed by atoms with Gasteiger partial charge < -0.3 is 4.84 Å². The van der Waals surface area contributed by atoms with E-state index in [-0.39, 0.29) is 11.9 Å². The van der Waals surface area contributed by atoms with Gasteiger partial charge in [0.2, 0.25) is 0 Å².